The largest absolute Gasteiger partial charge is 0.0619 e. The van der Waals surface area contributed by atoms with Crippen LogP contribution in [0, 0.1) is 22.7 Å². The third kappa shape index (κ3) is 16.2. The van der Waals surface area contributed by atoms with Crippen LogP contribution in [-0.2, 0) is 28.4 Å². The molecule has 2 aliphatic rings. The van der Waals surface area contributed by atoms with E-state index in [0.717, 1.165) is 130 Å². The molecule has 1 saturated carbocycles. The molecule has 19 nitrogen and oxygen atoms in total. The Morgan fingerprint density at radius 3 is 1.13 bits per heavy atom. The molecule has 0 radical (unpaired) electrons. The van der Waals surface area contributed by atoms with Gasteiger partial charge >= 0.3 is 156 Å². The Hall–Kier alpha value is -6.56. The molecule has 12 aromatic carbocycles. The van der Waals surface area contributed by atoms with E-state index in [-0.39, 0.29) is 63.5 Å². The summed E-state index contributed by atoms with van der Waals surface area (Å²) in [4.78, 5) is 29.5. The molecule has 3 atom stereocenters. The smallest absolute Gasteiger partial charge is 0.00135 e. The van der Waals surface area contributed by atoms with Gasteiger partial charge in [-0.1, -0.05) is 174 Å². The van der Waals surface area contributed by atoms with Gasteiger partial charge in [0, 0.05) is 33.0 Å². The van der Waals surface area contributed by atoms with Gasteiger partial charge in [0.1, 0.15) is 0 Å². The number of nitrogens with zero attached hydrogens (tertiary/aromatic N) is 13. The molecule has 534 valence electrons. The predicted molar refractivity (Wildman–Crippen MR) is 444 cm³/mol. The first-order chi connectivity index (χ1) is 54.0. The molecule has 0 aliphatic heterocycles. The van der Waals surface area contributed by atoms with Crippen molar-refractivity contribution >= 4 is 219 Å². The van der Waals surface area contributed by atoms with Gasteiger partial charge in [-0.15, -0.1) is 0 Å². The van der Waals surface area contributed by atoms with Crippen molar-refractivity contribution < 1.29 is 83.5 Å². The maximum absolute atomic E-state index is 9.94. The van der Waals surface area contributed by atoms with Crippen molar-refractivity contribution in [3.8, 4) is 40.3 Å². The molecule has 4 N–H and O–H groups in total. The van der Waals surface area contributed by atoms with Crippen LogP contribution in [0.3, 0.4) is 0 Å². The van der Waals surface area contributed by atoms with Gasteiger partial charge in [0.2, 0.25) is 23.1 Å². The Morgan fingerprint density at radius 2 is 0.757 bits per heavy atom. The molecular formula is C85H62BrCuIK3N15O4P. The molecule has 0 bridgehead atoms. The normalized spacial score (nSPS) is 13.4. The zero-order valence-electron chi connectivity index (χ0n) is 60.4. The van der Waals surface area contributed by atoms with E-state index in [0.29, 0.717) is 22.7 Å². The Morgan fingerprint density at radius 1 is 0.432 bits per heavy atom. The van der Waals surface area contributed by atoms with Gasteiger partial charge < -0.3 is 26.2 Å². The molecule has 3 unspecified atom stereocenters. The van der Waals surface area contributed by atoms with Gasteiger partial charge in [-0.2, -0.15) is 10.5 Å². The SMILES string of the molecule is N#Cc1ccc2c(c1)n1c3ccccc3nc1n(-c1cccc(-n3c4ccccc4c4ccccc43)c1)c1nc3ccccc3n21.N#Cc1ccc2c(c1)n1c3ccccc3nc1n(-c1cccc(Br)c1)c1nc3ccccc3n21.NC1CCCCC1N.O=[P+]([O-])O[O-].[Cu][I].[K+].[K][K].c1ccc2c(c1)Cc1ccccc1-2. The summed E-state index contributed by atoms with van der Waals surface area (Å²) in [7, 11) is -3.15. The van der Waals surface area contributed by atoms with E-state index in [4.69, 9.17) is 46.1 Å². The third-order valence-corrected chi connectivity index (χ3v) is 20.4. The zero-order valence-corrected chi connectivity index (χ0v) is 75.3. The number of aromatic nitrogens is 11. The van der Waals surface area contributed by atoms with Crippen LogP contribution in [0.4, 0.5) is 0 Å². The minimum atomic E-state index is -3.15. The fourth-order valence-corrected chi connectivity index (χ4v) is 15.4. The molecule has 111 heavy (non-hydrogen) atoms. The van der Waals surface area contributed by atoms with Crippen LogP contribution in [0.25, 0.3) is 139 Å². The van der Waals surface area contributed by atoms with Gasteiger partial charge in [-0.05, 0) is 180 Å². The van der Waals surface area contributed by atoms with Gasteiger partial charge in [0.05, 0.1) is 112 Å². The van der Waals surface area contributed by atoms with Gasteiger partial charge in [-0.25, -0.2) is 33.7 Å². The number of nitriles is 2. The van der Waals surface area contributed by atoms with Crippen molar-refractivity contribution in [1.29, 1.82) is 10.5 Å². The van der Waals surface area contributed by atoms with E-state index in [1.54, 1.807) is 20.3 Å². The topological polar surface area (TPSA) is 256 Å². The average molecular weight is 1780 g/mol. The third-order valence-electron chi connectivity index (χ3n) is 19.8. The van der Waals surface area contributed by atoms with E-state index >= 15 is 0 Å². The summed E-state index contributed by atoms with van der Waals surface area (Å²) in [5, 5.41) is 30.6. The monoisotopic (exact) mass is 1770 g/mol. The van der Waals surface area contributed by atoms with Crippen molar-refractivity contribution in [3.05, 3.63) is 306 Å². The number of benzene rings is 12. The van der Waals surface area contributed by atoms with E-state index in [1.807, 2.05) is 121 Å². The fraction of sp³-hybridized carbons (Fsp3) is 0.0824. The standard InChI is InChI=1S/C39H23N7.C27H15BrN6.C13H10.C6H14N2.Cu.HI.3K.HO4P/c40-24-25-20-21-36-37(22-25)46-35-19-8-4-15-31(35)42-39(46)44(38-41-30-14-3-7-18-34(30)45(36)38)27-11-9-10-26(23-27)43-32-16-5-1-12-28(32)29-13-2-6-17-33(29)43;28-18-6-5-7-19(15-18)32-26-30-20-8-1-3-10-22(20)33(26)24-13-12-17(16-29)14-25(24)34-23-11-4-2-9-21(23)31-27(32)34;1-3-7-12-10(5-1)9-11-6-2-4-8-13(11)12;7-5-3-1-2-4-6(5)8;;;;;;1-4-5(2)3/h1-23H;1-15H;1-8H,9H2;5-6H,1-4,7-8H2;;1H;;;;1H/q;;;;+1;;;;+1;/p-2. The number of hydrogen-bond acceptors (Lipinski definition) is 12. The van der Waals surface area contributed by atoms with Crippen molar-refractivity contribution in [2.45, 2.75) is 44.2 Å². The van der Waals surface area contributed by atoms with Crippen LogP contribution < -0.4 is 73.0 Å². The van der Waals surface area contributed by atoms with Gasteiger partial charge in [0.25, 0.3) is 0 Å². The van der Waals surface area contributed by atoms with Crippen molar-refractivity contribution in [1.82, 2.24) is 51.2 Å². The molecule has 7 aromatic heterocycles. The van der Waals surface area contributed by atoms with Crippen LogP contribution in [0.5, 0.6) is 0 Å². The van der Waals surface area contributed by atoms with Gasteiger partial charge in [-0.3, -0.25) is 17.6 Å². The van der Waals surface area contributed by atoms with Crippen LogP contribution in [-0.4, -0.2) is 126 Å². The van der Waals surface area contributed by atoms with E-state index < -0.39 is 8.25 Å². The Labute approximate surface area is 753 Å². The second-order valence-corrected chi connectivity index (χ2v) is 27.5. The second kappa shape index (κ2) is 36.9. The van der Waals surface area contributed by atoms with E-state index in [1.165, 1.54) is 109 Å². The zero-order chi connectivity index (χ0) is 76.1. The molecule has 1 fully saturated rings. The summed E-state index contributed by atoms with van der Waals surface area (Å²) >= 11 is 12.0. The second-order valence-electron chi connectivity index (χ2n) is 26.0. The van der Waals surface area contributed by atoms with Crippen molar-refractivity contribution in [2.75, 3.05) is 0 Å². The number of rotatable bonds is 4. The van der Waals surface area contributed by atoms with E-state index in [9.17, 15) is 10.5 Å². The number of fused-ring (bicyclic) bond motifs is 24. The van der Waals surface area contributed by atoms with Gasteiger partial charge in [0.15, 0.2) is 0 Å². The molecule has 7 heterocycles. The number of para-hydroxylation sites is 10. The first-order valence-electron chi connectivity index (χ1n) is 35.7. The molecule has 21 rings (SSSR count). The average Bonchev–Trinajstić information content (AvgIpc) is 1.58. The Bertz CT molecular complexity index is 6800. The summed E-state index contributed by atoms with van der Waals surface area (Å²) in [5.74, 6) is 2.87. The Kier molecular flexibility index (Phi) is 27.0. The van der Waals surface area contributed by atoms with Crippen molar-refractivity contribution in [2.24, 2.45) is 11.5 Å². The molecule has 0 amide bonds. The molecule has 26 heteroatoms. The summed E-state index contributed by atoms with van der Waals surface area (Å²) < 4.78 is 27.4. The minimum absolute atomic E-state index is 0. The molecule has 0 saturated heterocycles. The fourth-order valence-electron chi connectivity index (χ4n) is 15.0. The summed E-state index contributed by atoms with van der Waals surface area (Å²) in [5.41, 5.74) is 34.4. The maximum Gasteiger partial charge on any atom is -0.00135 e. The quantitative estimate of drug-likeness (QED) is 0.0548. The number of imidazole rings is 4. The first kappa shape index (κ1) is 81.0. The molecule has 2 aliphatic carbocycles. The van der Waals surface area contributed by atoms with Crippen molar-refractivity contribution in [3.63, 3.8) is 0 Å². The maximum atomic E-state index is 9.94. The van der Waals surface area contributed by atoms with Crippen LogP contribution in [0.1, 0.15) is 47.9 Å². The summed E-state index contributed by atoms with van der Waals surface area (Å²) in [6, 6.07) is 100. The molecule has 0 spiro atoms. The Balaban J connectivity index is 0.000000137. The van der Waals surface area contributed by atoms with Crippen LogP contribution in [0.2, 0.25) is 0 Å². The summed E-state index contributed by atoms with van der Waals surface area (Å²) in [6.07, 6.45) is 5.90. The van der Waals surface area contributed by atoms with Crippen LogP contribution in [0.15, 0.2) is 284 Å². The number of nitrogens with two attached hydrogens (primary N) is 2. The number of hydrogen-bond donors (Lipinski definition) is 2. The minimum Gasteiger partial charge on any atom is -0.0619 e. The molecule has 19 aromatic rings. The van der Waals surface area contributed by atoms with Crippen LogP contribution >= 0.6 is 44.5 Å². The summed E-state index contributed by atoms with van der Waals surface area (Å²) in [6.45, 7) is 0. The van der Waals surface area contributed by atoms with E-state index in [2.05, 4.69) is 235 Å². The number of halogens is 2. The molecular weight excluding hydrogens is 1710 g/mol. The predicted octanol–water partition coefficient (Wildman–Crippen LogP) is 14.1. The first-order valence-corrected chi connectivity index (χ1v) is 56.6.